The average Bonchev–Trinajstić information content (AvgIpc) is 2.99. The van der Waals surface area contributed by atoms with Crippen molar-refractivity contribution in [3.05, 3.63) is 59.2 Å². The Hall–Kier alpha value is -2.84. The number of nitrogens with zero attached hydrogens (tertiary/aromatic N) is 4. The van der Waals surface area contributed by atoms with Gasteiger partial charge < -0.3 is 4.74 Å². The van der Waals surface area contributed by atoms with Gasteiger partial charge in [-0.2, -0.15) is 5.26 Å². The molecular formula is C16H11ClN4O. The fourth-order valence-electron chi connectivity index (χ4n) is 2.20. The molecule has 0 bridgehead atoms. The summed E-state index contributed by atoms with van der Waals surface area (Å²) in [6, 6.07) is 16.7. The summed E-state index contributed by atoms with van der Waals surface area (Å²) >= 11 is 5.92. The zero-order valence-electron chi connectivity index (χ0n) is 11.7. The van der Waals surface area contributed by atoms with Gasteiger partial charge in [0.15, 0.2) is 5.69 Å². The molecule has 0 amide bonds. The lowest BCUT2D eigenvalue weighted by atomic mass is 10.1. The van der Waals surface area contributed by atoms with Gasteiger partial charge in [0.25, 0.3) is 0 Å². The van der Waals surface area contributed by atoms with E-state index >= 15 is 0 Å². The maximum Gasteiger partial charge on any atom is 0.191 e. The van der Waals surface area contributed by atoms with E-state index in [1.807, 2.05) is 36.4 Å². The van der Waals surface area contributed by atoms with Crippen molar-refractivity contribution in [2.24, 2.45) is 0 Å². The van der Waals surface area contributed by atoms with Crippen molar-refractivity contribution in [3.8, 4) is 28.8 Å². The zero-order valence-corrected chi connectivity index (χ0v) is 12.4. The fraction of sp³-hybridized carbons (Fsp3) is 0.0625. The Balaban J connectivity index is 2.25. The van der Waals surface area contributed by atoms with Gasteiger partial charge >= 0.3 is 0 Å². The van der Waals surface area contributed by atoms with Gasteiger partial charge in [-0.25, -0.2) is 4.68 Å². The third-order valence-electron chi connectivity index (χ3n) is 3.21. The fourth-order valence-corrected chi connectivity index (χ4v) is 2.33. The quantitative estimate of drug-likeness (QED) is 0.743. The number of para-hydroxylation sites is 1. The highest BCUT2D eigenvalue weighted by Gasteiger charge is 2.19. The second-order valence-electron chi connectivity index (χ2n) is 4.49. The lowest BCUT2D eigenvalue weighted by molar-refractivity contribution is 0.416. The van der Waals surface area contributed by atoms with Crippen LogP contribution < -0.4 is 4.74 Å². The van der Waals surface area contributed by atoms with Crippen LogP contribution in [0.3, 0.4) is 0 Å². The van der Waals surface area contributed by atoms with E-state index in [-0.39, 0.29) is 5.69 Å². The first-order valence-electron chi connectivity index (χ1n) is 6.49. The van der Waals surface area contributed by atoms with Crippen molar-refractivity contribution >= 4 is 11.6 Å². The van der Waals surface area contributed by atoms with Crippen LogP contribution in [0.25, 0.3) is 16.9 Å². The number of nitriles is 1. The minimum Gasteiger partial charge on any atom is -0.496 e. The number of rotatable bonds is 3. The second kappa shape index (κ2) is 5.88. The first kappa shape index (κ1) is 14.1. The van der Waals surface area contributed by atoms with Crippen LogP contribution in [0.5, 0.6) is 5.75 Å². The minimum atomic E-state index is 0.236. The SMILES string of the molecule is COc1ccccc1-c1c(C#N)nnn1-c1ccc(Cl)cc1. The summed E-state index contributed by atoms with van der Waals surface area (Å²) in [5, 5.41) is 18.0. The number of halogens is 1. The Labute approximate surface area is 132 Å². The van der Waals surface area contributed by atoms with E-state index in [1.54, 1.807) is 23.9 Å². The van der Waals surface area contributed by atoms with Crippen LogP contribution in [-0.4, -0.2) is 22.1 Å². The molecule has 0 aliphatic rings. The standard InChI is InChI=1S/C16H11ClN4O/c1-22-15-5-3-2-4-13(15)16-14(10-18)19-20-21(16)12-8-6-11(17)7-9-12/h2-9H,1H3. The monoisotopic (exact) mass is 310 g/mol. The minimum absolute atomic E-state index is 0.236. The largest absolute Gasteiger partial charge is 0.496 e. The van der Waals surface area contributed by atoms with Crippen molar-refractivity contribution in [2.75, 3.05) is 7.11 Å². The van der Waals surface area contributed by atoms with Crippen LogP contribution in [-0.2, 0) is 0 Å². The van der Waals surface area contributed by atoms with E-state index in [1.165, 1.54) is 0 Å². The summed E-state index contributed by atoms with van der Waals surface area (Å²) in [6.45, 7) is 0. The molecule has 1 aromatic heterocycles. The zero-order chi connectivity index (χ0) is 15.5. The molecule has 3 rings (SSSR count). The van der Waals surface area contributed by atoms with Crippen LogP contribution in [0.4, 0.5) is 0 Å². The van der Waals surface area contributed by atoms with Crippen LogP contribution in [0, 0.1) is 11.3 Å². The number of hydrogen-bond acceptors (Lipinski definition) is 4. The van der Waals surface area contributed by atoms with Crippen molar-refractivity contribution in [3.63, 3.8) is 0 Å². The Morgan fingerprint density at radius 1 is 1.14 bits per heavy atom. The predicted octanol–water partition coefficient (Wildman–Crippen LogP) is 3.47. The highest BCUT2D eigenvalue weighted by molar-refractivity contribution is 6.30. The molecule has 0 saturated heterocycles. The third kappa shape index (κ3) is 2.41. The van der Waals surface area contributed by atoms with Crippen LogP contribution in [0.1, 0.15) is 5.69 Å². The predicted molar refractivity (Wildman–Crippen MR) is 83.1 cm³/mol. The van der Waals surface area contributed by atoms with Gasteiger partial charge in [0.2, 0.25) is 0 Å². The van der Waals surface area contributed by atoms with Gasteiger partial charge in [-0.15, -0.1) is 5.10 Å². The molecule has 2 aromatic carbocycles. The second-order valence-corrected chi connectivity index (χ2v) is 4.92. The number of benzene rings is 2. The smallest absolute Gasteiger partial charge is 0.191 e. The van der Waals surface area contributed by atoms with E-state index in [0.29, 0.717) is 16.5 Å². The summed E-state index contributed by atoms with van der Waals surface area (Å²) in [6.07, 6.45) is 0. The summed E-state index contributed by atoms with van der Waals surface area (Å²) in [7, 11) is 1.58. The van der Waals surface area contributed by atoms with E-state index < -0.39 is 0 Å². The molecule has 108 valence electrons. The molecule has 22 heavy (non-hydrogen) atoms. The molecule has 0 fully saturated rings. The molecule has 5 nitrogen and oxygen atoms in total. The van der Waals surface area contributed by atoms with Crippen molar-refractivity contribution in [1.29, 1.82) is 5.26 Å². The first-order valence-corrected chi connectivity index (χ1v) is 6.87. The van der Waals surface area contributed by atoms with E-state index in [9.17, 15) is 5.26 Å². The van der Waals surface area contributed by atoms with Gasteiger partial charge in [-0.1, -0.05) is 28.9 Å². The summed E-state index contributed by atoms with van der Waals surface area (Å²) in [5.41, 5.74) is 2.34. The highest BCUT2D eigenvalue weighted by atomic mass is 35.5. The summed E-state index contributed by atoms with van der Waals surface area (Å²) in [5.74, 6) is 0.650. The molecule has 0 saturated carbocycles. The lowest BCUT2D eigenvalue weighted by Crippen LogP contribution is -2.00. The van der Waals surface area contributed by atoms with Gasteiger partial charge in [-0.3, -0.25) is 0 Å². The Bertz CT molecular complexity index is 849. The average molecular weight is 311 g/mol. The number of methoxy groups -OCH3 is 1. The van der Waals surface area contributed by atoms with Crippen LogP contribution in [0.2, 0.25) is 5.02 Å². The van der Waals surface area contributed by atoms with E-state index in [4.69, 9.17) is 16.3 Å². The van der Waals surface area contributed by atoms with Crippen LogP contribution in [0.15, 0.2) is 48.5 Å². The van der Waals surface area contributed by atoms with Gasteiger partial charge in [0.1, 0.15) is 17.5 Å². The molecular weight excluding hydrogens is 300 g/mol. The topological polar surface area (TPSA) is 63.7 Å². The molecule has 6 heteroatoms. The molecule has 3 aromatic rings. The normalized spacial score (nSPS) is 10.2. The van der Waals surface area contributed by atoms with Gasteiger partial charge in [0.05, 0.1) is 12.8 Å². The molecule has 0 N–H and O–H groups in total. The Morgan fingerprint density at radius 3 is 2.55 bits per heavy atom. The molecule has 0 aliphatic heterocycles. The van der Waals surface area contributed by atoms with E-state index in [0.717, 1.165) is 11.3 Å². The van der Waals surface area contributed by atoms with Crippen molar-refractivity contribution < 1.29 is 4.74 Å². The number of hydrogen-bond donors (Lipinski definition) is 0. The Kier molecular flexibility index (Phi) is 3.77. The maximum atomic E-state index is 9.32. The van der Waals surface area contributed by atoms with Gasteiger partial charge in [0, 0.05) is 10.6 Å². The molecule has 0 unspecified atom stereocenters. The molecule has 0 radical (unpaired) electrons. The Morgan fingerprint density at radius 2 is 1.86 bits per heavy atom. The maximum absolute atomic E-state index is 9.32. The molecule has 0 aliphatic carbocycles. The number of aromatic nitrogens is 3. The number of ether oxygens (including phenoxy) is 1. The molecule has 0 spiro atoms. The molecule has 0 atom stereocenters. The lowest BCUT2D eigenvalue weighted by Gasteiger charge is -2.10. The van der Waals surface area contributed by atoms with E-state index in [2.05, 4.69) is 16.4 Å². The van der Waals surface area contributed by atoms with Crippen molar-refractivity contribution in [2.45, 2.75) is 0 Å². The first-order chi connectivity index (χ1) is 10.7. The highest BCUT2D eigenvalue weighted by Crippen LogP contribution is 2.32. The third-order valence-corrected chi connectivity index (χ3v) is 3.46. The molecule has 1 heterocycles. The summed E-state index contributed by atoms with van der Waals surface area (Å²) < 4.78 is 6.98. The van der Waals surface area contributed by atoms with Gasteiger partial charge in [-0.05, 0) is 36.4 Å². The summed E-state index contributed by atoms with van der Waals surface area (Å²) in [4.78, 5) is 0. The van der Waals surface area contributed by atoms with Crippen LogP contribution >= 0.6 is 11.6 Å². The van der Waals surface area contributed by atoms with Crippen molar-refractivity contribution in [1.82, 2.24) is 15.0 Å².